The van der Waals surface area contributed by atoms with Gasteiger partial charge in [0.05, 0.1) is 0 Å². The highest BCUT2D eigenvalue weighted by Crippen LogP contribution is 2.00. The van der Waals surface area contributed by atoms with Crippen molar-refractivity contribution in [2.24, 2.45) is 0 Å². The highest BCUT2D eigenvalue weighted by molar-refractivity contribution is 14.1. The Morgan fingerprint density at radius 1 is 1.44 bits per heavy atom. The van der Waals surface area contributed by atoms with Crippen molar-refractivity contribution in [3.63, 3.8) is 0 Å². The molecular weight excluding hydrogens is 227 g/mol. The van der Waals surface area contributed by atoms with Crippen LogP contribution < -0.4 is 0 Å². The molecule has 1 rings (SSSR count). The van der Waals surface area contributed by atoms with E-state index >= 15 is 0 Å². The highest BCUT2D eigenvalue weighted by atomic mass is 127. The van der Waals surface area contributed by atoms with Gasteiger partial charge in [-0.1, -0.05) is 22.6 Å². The zero-order valence-corrected chi connectivity index (χ0v) is 7.29. The maximum Gasteiger partial charge on any atom is 0.125 e. The van der Waals surface area contributed by atoms with Gasteiger partial charge in [-0.05, 0) is 12.5 Å². The van der Waals surface area contributed by atoms with Crippen molar-refractivity contribution in [1.29, 1.82) is 0 Å². The Morgan fingerprint density at radius 2 is 2.00 bits per heavy atom. The number of alkyl halides is 1. The lowest BCUT2D eigenvalue weighted by molar-refractivity contribution is 1.03. The van der Waals surface area contributed by atoms with E-state index in [9.17, 15) is 0 Å². The third-order valence-corrected chi connectivity index (χ3v) is 1.87. The monoisotopic (exact) mass is 234 g/mol. The van der Waals surface area contributed by atoms with E-state index in [0.29, 0.717) is 0 Å². The molecule has 1 heterocycles. The molecule has 2 nitrogen and oxygen atoms in total. The molecule has 0 saturated heterocycles. The molecule has 9 heavy (non-hydrogen) atoms. The second-order valence-corrected chi connectivity index (χ2v) is 2.53. The molecule has 1 aromatic heterocycles. The summed E-state index contributed by atoms with van der Waals surface area (Å²) < 4.78 is 0.984. The topological polar surface area (TPSA) is 25.8 Å². The van der Waals surface area contributed by atoms with Gasteiger partial charge in [0, 0.05) is 16.8 Å². The van der Waals surface area contributed by atoms with Crippen molar-refractivity contribution in [1.82, 2.24) is 9.97 Å². The zero-order chi connectivity index (χ0) is 6.69. The molecule has 0 radical (unpaired) electrons. The van der Waals surface area contributed by atoms with Crippen molar-refractivity contribution in [2.75, 3.05) is 0 Å². The van der Waals surface area contributed by atoms with Gasteiger partial charge in [0.25, 0.3) is 0 Å². The number of rotatable bonds is 1. The minimum atomic E-state index is 0.837. The van der Waals surface area contributed by atoms with Crippen molar-refractivity contribution in [2.45, 2.75) is 11.4 Å². The lowest BCUT2D eigenvalue weighted by Gasteiger charge is -1.91. The average molecular weight is 234 g/mol. The molecule has 0 aliphatic heterocycles. The summed E-state index contributed by atoms with van der Waals surface area (Å²) in [5, 5.41) is 0. The number of nitrogens with zero attached hydrogens (tertiary/aromatic N) is 2. The van der Waals surface area contributed by atoms with Crippen LogP contribution in [0.25, 0.3) is 0 Å². The first-order chi connectivity index (χ1) is 4.33. The summed E-state index contributed by atoms with van der Waals surface area (Å²) >= 11 is 2.29. The van der Waals surface area contributed by atoms with E-state index in [1.165, 1.54) is 5.56 Å². The number of hydrogen-bond donors (Lipinski definition) is 0. The van der Waals surface area contributed by atoms with Crippen LogP contribution in [0.2, 0.25) is 0 Å². The fourth-order valence-electron chi connectivity index (χ4n) is 0.488. The molecule has 0 atom stereocenters. The van der Waals surface area contributed by atoms with Crippen LogP contribution in [0, 0.1) is 6.92 Å². The molecule has 1 aromatic rings. The summed E-state index contributed by atoms with van der Waals surface area (Å²) in [6.45, 7) is 1.89. The summed E-state index contributed by atoms with van der Waals surface area (Å²) in [7, 11) is 0. The van der Waals surface area contributed by atoms with E-state index in [0.717, 1.165) is 10.3 Å². The van der Waals surface area contributed by atoms with Gasteiger partial charge in [0.1, 0.15) is 5.82 Å². The van der Waals surface area contributed by atoms with Gasteiger partial charge in [-0.2, -0.15) is 0 Å². The third kappa shape index (κ3) is 1.89. The van der Waals surface area contributed by atoms with Crippen LogP contribution >= 0.6 is 22.6 Å². The third-order valence-electron chi connectivity index (χ3n) is 0.989. The Labute approximate surface area is 67.9 Å². The molecule has 0 spiro atoms. The molecule has 0 amide bonds. The van der Waals surface area contributed by atoms with E-state index < -0.39 is 0 Å². The molecule has 0 fully saturated rings. The Balaban J connectivity index is 2.88. The summed E-state index contributed by atoms with van der Waals surface area (Å²) in [4.78, 5) is 8.07. The molecule has 0 N–H and O–H groups in total. The Kier molecular flexibility index (Phi) is 2.38. The zero-order valence-electron chi connectivity index (χ0n) is 5.13. The normalized spacial score (nSPS) is 9.56. The van der Waals surface area contributed by atoms with E-state index in [-0.39, 0.29) is 0 Å². The number of halogens is 1. The first-order valence-electron chi connectivity index (χ1n) is 2.66. The molecule has 48 valence electrons. The molecule has 0 aromatic carbocycles. The Morgan fingerprint density at radius 3 is 2.44 bits per heavy atom. The standard InChI is InChI=1S/C6H7IN2/c1-5-8-3-6(2-7)4-9-5/h3-4H,2H2,1H3. The van der Waals surface area contributed by atoms with Crippen LogP contribution in [0.5, 0.6) is 0 Å². The van der Waals surface area contributed by atoms with Crippen LogP contribution in [0.3, 0.4) is 0 Å². The largest absolute Gasteiger partial charge is 0.241 e. The van der Waals surface area contributed by atoms with Crippen LogP contribution in [-0.4, -0.2) is 9.97 Å². The molecule has 0 aliphatic carbocycles. The predicted molar refractivity (Wildman–Crippen MR) is 44.5 cm³/mol. The van der Waals surface area contributed by atoms with Gasteiger partial charge in [-0.15, -0.1) is 0 Å². The molecule has 3 heteroatoms. The average Bonchev–Trinajstić information content (AvgIpc) is 1.90. The summed E-state index contributed by atoms with van der Waals surface area (Å²) in [6, 6.07) is 0. The van der Waals surface area contributed by atoms with Crippen LogP contribution in [0.15, 0.2) is 12.4 Å². The first kappa shape index (κ1) is 6.92. The van der Waals surface area contributed by atoms with Gasteiger partial charge in [0.15, 0.2) is 0 Å². The van der Waals surface area contributed by atoms with E-state index in [1.807, 2.05) is 19.3 Å². The van der Waals surface area contributed by atoms with Gasteiger partial charge in [-0.3, -0.25) is 0 Å². The van der Waals surface area contributed by atoms with Crippen LogP contribution in [0.1, 0.15) is 11.4 Å². The van der Waals surface area contributed by atoms with Crippen LogP contribution in [0.4, 0.5) is 0 Å². The SMILES string of the molecule is Cc1ncc(CI)cn1. The summed E-state index contributed by atoms with van der Waals surface area (Å²) in [5.41, 5.74) is 1.18. The van der Waals surface area contributed by atoms with Crippen molar-refractivity contribution < 1.29 is 0 Å². The minimum absolute atomic E-state index is 0.837. The van der Waals surface area contributed by atoms with Crippen molar-refractivity contribution >= 4 is 22.6 Å². The Hall–Kier alpha value is -0.190. The van der Waals surface area contributed by atoms with E-state index in [2.05, 4.69) is 32.6 Å². The number of hydrogen-bond acceptors (Lipinski definition) is 2. The predicted octanol–water partition coefficient (Wildman–Crippen LogP) is 1.72. The lowest BCUT2D eigenvalue weighted by Crippen LogP contribution is -1.87. The van der Waals surface area contributed by atoms with Gasteiger partial charge in [0.2, 0.25) is 0 Å². The maximum absolute atomic E-state index is 4.03. The molecule has 0 aliphatic rings. The molecule has 0 saturated carbocycles. The first-order valence-corrected chi connectivity index (χ1v) is 4.19. The van der Waals surface area contributed by atoms with Gasteiger partial charge >= 0.3 is 0 Å². The lowest BCUT2D eigenvalue weighted by atomic mass is 10.4. The summed E-state index contributed by atoms with van der Waals surface area (Å²) in [6.07, 6.45) is 3.71. The van der Waals surface area contributed by atoms with E-state index in [4.69, 9.17) is 0 Å². The number of aryl methyl sites for hydroxylation is 1. The smallest absolute Gasteiger partial charge is 0.125 e. The highest BCUT2D eigenvalue weighted by Gasteiger charge is 1.88. The second-order valence-electron chi connectivity index (χ2n) is 1.77. The minimum Gasteiger partial charge on any atom is -0.241 e. The van der Waals surface area contributed by atoms with Gasteiger partial charge in [-0.25, -0.2) is 9.97 Å². The molecule has 0 unspecified atom stereocenters. The van der Waals surface area contributed by atoms with Crippen molar-refractivity contribution in [3.8, 4) is 0 Å². The molecule has 0 bridgehead atoms. The second kappa shape index (κ2) is 3.10. The summed E-state index contributed by atoms with van der Waals surface area (Å²) in [5.74, 6) is 0.837. The van der Waals surface area contributed by atoms with Crippen LogP contribution in [-0.2, 0) is 4.43 Å². The fraction of sp³-hybridized carbons (Fsp3) is 0.333. The van der Waals surface area contributed by atoms with Gasteiger partial charge < -0.3 is 0 Å². The van der Waals surface area contributed by atoms with Crippen molar-refractivity contribution in [3.05, 3.63) is 23.8 Å². The maximum atomic E-state index is 4.03. The molecular formula is C6H7IN2. The Bertz CT molecular complexity index is 183. The number of aromatic nitrogens is 2. The quantitative estimate of drug-likeness (QED) is 0.546. The van der Waals surface area contributed by atoms with E-state index in [1.54, 1.807) is 0 Å². The fourth-order valence-corrected chi connectivity index (χ4v) is 0.882.